The van der Waals surface area contributed by atoms with Crippen LogP contribution in [0.2, 0.25) is 0 Å². The lowest BCUT2D eigenvalue weighted by Crippen LogP contribution is -2.02. The van der Waals surface area contributed by atoms with Crippen LogP contribution in [0, 0.1) is 11.3 Å². The number of nitrogens with zero attached hydrogens (tertiary/aromatic N) is 1. The van der Waals surface area contributed by atoms with Crippen LogP contribution in [0.15, 0.2) is 36.4 Å². The van der Waals surface area contributed by atoms with Gasteiger partial charge in [0.05, 0.1) is 23.8 Å². The largest absolute Gasteiger partial charge is 0.504 e. The molecule has 0 unspecified atom stereocenters. The van der Waals surface area contributed by atoms with E-state index in [9.17, 15) is 15.0 Å². The number of nitriles is 1. The summed E-state index contributed by atoms with van der Waals surface area (Å²) in [5.41, 5.74) is 0.721. The Balaban J connectivity index is 2.39. The van der Waals surface area contributed by atoms with E-state index in [1.54, 1.807) is 6.92 Å². The monoisotopic (exact) mass is 283 g/mol. The number of phenolic OH excluding ortho intramolecular Hbond substituents is 2. The second-order valence-corrected chi connectivity index (χ2v) is 4.26. The molecule has 2 N–H and O–H groups in total. The van der Waals surface area contributed by atoms with Crippen LogP contribution in [0.5, 0.6) is 17.2 Å². The topological polar surface area (TPSA) is 90.6 Å². The molecule has 0 aliphatic rings. The van der Waals surface area contributed by atoms with Crippen molar-refractivity contribution in [3.8, 4) is 23.3 Å². The SMILES string of the molecule is CCOc1ccc(C(=O)c2ccc(C#N)cc2)c(O)c1O. The van der Waals surface area contributed by atoms with Crippen LogP contribution >= 0.6 is 0 Å². The lowest BCUT2D eigenvalue weighted by atomic mass is 10.0. The summed E-state index contributed by atoms with van der Waals surface area (Å²) in [7, 11) is 0. The van der Waals surface area contributed by atoms with E-state index in [0.29, 0.717) is 17.7 Å². The summed E-state index contributed by atoms with van der Waals surface area (Å²) in [6, 6.07) is 10.8. The number of hydrogen-bond donors (Lipinski definition) is 2. The smallest absolute Gasteiger partial charge is 0.201 e. The molecule has 0 radical (unpaired) electrons. The van der Waals surface area contributed by atoms with Crippen molar-refractivity contribution in [2.24, 2.45) is 0 Å². The summed E-state index contributed by atoms with van der Waals surface area (Å²) in [5.74, 6) is -1.31. The number of carbonyl (C=O) groups excluding carboxylic acids is 1. The Morgan fingerprint density at radius 2 is 1.81 bits per heavy atom. The van der Waals surface area contributed by atoms with Gasteiger partial charge in [-0.25, -0.2) is 0 Å². The molecule has 0 bridgehead atoms. The van der Waals surface area contributed by atoms with Crippen LogP contribution in [0.25, 0.3) is 0 Å². The van der Waals surface area contributed by atoms with Gasteiger partial charge in [-0.1, -0.05) is 0 Å². The highest BCUT2D eigenvalue weighted by molar-refractivity contribution is 6.11. The zero-order chi connectivity index (χ0) is 15.4. The Bertz CT molecular complexity index is 714. The Kier molecular flexibility index (Phi) is 4.10. The van der Waals surface area contributed by atoms with E-state index in [4.69, 9.17) is 10.00 Å². The third-order valence-electron chi connectivity index (χ3n) is 2.93. The fraction of sp³-hybridized carbons (Fsp3) is 0.125. The molecule has 2 aromatic carbocycles. The Hall–Kier alpha value is -3.00. The summed E-state index contributed by atoms with van der Waals surface area (Å²) < 4.78 is 5.13. The molecule has 21 heavy (non-hydrogen) atoms. The maximum atomic E-state index is 12.3. The number of carbonyl (C=O) groups is 1. The summed E-state index contributed by atoms with van der Waals surface area (Å²) in [6.45, 7) is 2.07. The lowest BCUT2D eigenvalue weighted by Gasteiger charge is -2.10. The molecule has 0 saturated heterocycles. The third kappa shape index (κ3) is 2.79. The van der Waals surface area contributed by atoms with Crippen molar-refractivity contribution in [3.05, 3.63) is 53.1 Å². The Morgan fingerprint density at radius 3 is 2.38 bits per heavy atom. The first-order valence-electron chi connectivity index (χ1n) is 6.31. The van der Waals surface area contributed by atoms with Crippen molar-refractivity contribution in [3.63, 3.8) is 0 Å². The van der Waals surface area contributed by atoms with E-state index in [1.807, 2.05) is 6.07 Å². The van der Waals surface area contributed by atoms with Gasteiger partial charge in [0.15, 0.2) is 17.3 Å². The fourth-order valence-electron chi connectivity index (χ4n) is 1.87. The van der Waals surface area contributed by atoms with Gasteiger partial charge in [0.1, 0.15) is 0 Å². The van der Waals surface area contributed by atoms with Crippen molar-refractivity contribution in [1.82, 2.24) is 0 Å². The number of benzene rings is 2. The molecule has 2 rings (SSSR count). The molecule has 0 fully saturated rings. The van der Waals surface area contributed by atoms with Crippen LogP contribution in [-0.2, 0) is 0 Å². The van der Waals surface area contributed by atoms with E-state index in [-0.39, 0.29) is 11.3 Å². The normalized spacial score (nSPS) is 9.90. The Morgan fingerprint density at radius 1 is 1.14 bits per heavy atom. The lowest BCUT2D eigenvalue weighted by molar-refractivity contribution is 0.103. The molecule has 0 atom stereocenters. The van der Waals surface area contributed by atoms with Crippen LogP contribution in [0.3, 0.4) is 0 Å². The molecule has 0 aliphatic carbocycles. The van der Waals surface area contributed by atoms with E-state index < -0.39 is 17.3 Å². The molecule has 0 aromatic heterocycles. The maximum Gasteiger partial charge on any atom is 0.201 e. The van der Waals surface area contributed by atoms with Gasteiger partial charge < -0.3 is 14.9 Å². The molecule has 5 nitrogen and oxygen atoms in total. The number of hydrogen-bond acceptors (Lipinski definition) is 5. The highest BCUT2D eigenvalue weighted by atomic mass is 16.5. The van der Waals surface area contributed by atoms with E-state index >= 15 is 0 Å². The molecular weight excluding hydrogens is 270 g/mol. The third-order valence-corrected chi connectivity index (χ3v) is 2.93. The molecule has 2 aromatic rings. The van der Waals surface area contributed by atoms with Gasteiger partial charge in [-0.3, -0.25) is 4.79 Å². The van der Waals surface area contributed by atoms with E-state index in [0.717, 1.165) is 0 Å². The van der Waals surface area contributed by atoms with Crippen molar-refractivity contribution < 1.29 is 19.7 Å². The highest BCUT2D eigenvalue weighted by Crippen LogP contribution is 2.38. The average Bonchev–Trinajstić information content (AvgIpc) is 2.52. The molecule has 5 heteroatoms. The van der Waals surface area contributed by atoms with E-state index in [1.165, 1.54) is 36.4 Å². The van der Waals surface area contributed by atoms with Gasteiger partial charge in [-0.2, -0.15) is 5.26 Å². The quantitative estimate of drug-likeness (QED) is 0.665. The van der Waals surface area contributed by atoms with Crippen molar-refractivity contribution in [2.45, 2.75) is 6.92 Å². The minimum Gasteiger partial charge on any atom is -0.504 e. The number of aromatic hydroxyl groups is 2. The Labute approximate surface area is 121 Å². The predicted octanol–water partition coefficient (Wildman–Crippen LogP) is 2.60. The molecule has 0 amide bonds. The highest BCUT2D eigenvalue weighted by Gasteiger charge is 2.19. The zero-order valence-electron chi connectivity index (χ0n) is 11.3. The first-order valence-corrected chi connectivity index (χ1v) is 6.31. The van der Waals surface area contributed by atoms with Crippen molar-refractivity contribution in [1.29, 1.82) is 5.26 Å². The standard InChI is InChI=1S/C16H13NO4/c1-2-21-13-8-7-12(15(19)16(13)20)14(18)11-5-3-10(9-17)4-6-11/h3-8,19-20H,2H2,1H3. The second-order valence-electron chi connectivity index (χ2n) is 4.26. The van der Waals surface area contributed by atoms with E-state index in [2.05, 4.69) is 0 Å². The van der Waals surface area contributed by atoms with Crippen LogP contribution in [0.1, 0.15) is 28.4 Å². The summed E-state index contributed by atoms with van der Waals surface area (Å²) >= 11 is 0. The molecule has 0 saturated carbocycles. The molecule has 0 spiro atoms. The van der Waals surface area contributed by atoms with Gasteiger partial charge in [-0.05, 0) is 43.3 Å². The second kappa shape index (κ2) is 5.97. The molecular formula is C16H13NO4. The fourth-order valence-corrected chi connectivity index (χ4v) is 1.87. The minimum absolute atomic E-state index is 0.0272. The summed E-state index contributed by atoms with van der Waals surface area (Å²) in [4.78, 5) is 12.3. The molecule has 0 aliphatic heterocycles. The number of phenols is 2. The van der Waals surface area contributed by atoms with Gasteiger partial charge >= 0.3 is 0 Å². The van der Waals surface area contributed by atoms with Gasteiger partial charge in [0.2, 0.25) is 5.75 Å². The van der Waals surface area contributed by atoms with Crippen LogP contribution in [0.4, 0.5) is 0 Å². The first-order chi connectivity index (χ1) is 10.1. The number of rotatable bonds is 4. The van der Waals surface area contributed by atoms with Crippen LogP contribution in [-0.4, -0.2) is 22.6 Å². The molecule has 106 valence electrons. The van der Waals surface area contributed by atoms with Gasteiger partial charge in [-0.15, -0.1) is 0 Å². The zero-order valence-corrected chi connectivity index (χ0v) is 11.3. The van der Waals surface area contributed by atoms with Crippen molar-refractivity contribution >= 4 is 5.78 Å². The van der Waals surface area contributed by atoms with Crippen LogP contribution < -0.4 is 4.74 Å². The summed E-state index contributed by atoms with van der Waals surface area (Å²) in [6.07, 6.45) is 0. The van der Waals surface area contributed by atoms with Gasteiger partial charge in [0, 0.05) is 5.56 Å². The minimum atomic E-state index is -0.518. The number of ether oxygens (including phenoxy) is 1. The summed E-state index contributed by atoms with van der Waals surface area (Å²) in [5, 5.41) is 28.5. The average molecular weight is 283 g/mol. The number of ketones is 1. The predicted molar refractivity (Wildman–Crippen MR) is 75.5 cm³/mol. The van der Waals surface area contributed by atoms with Crippen molar-refractivity contribution in [2.75, 3.05) is 6.61 Å². The molecule has 0 heterocycles. The first kappa shape index (κ1) is 14.4. The van der Waals surface area contributed by atoms with Gasteiger partial charge in [0.25, 0.3) is 0 Å². The maximum absolute atomic E-state index is 12.3.